The van der Waals surface area contributed by atoms with Crippen LogP contribution in [0, 0.1) is 0 Å². The molecule has 0 saturated heterocycles. The van der Waals surface area contributed by atoms with Gasteiger partial charge < -0.3 is 38.3 Å². The highest BCUT2D eigenvalue weighted by molar-refractivity contribution is 7.98. The van der Waals surface area contributed by atoms with E-state index in [9.17, 15) is 33.9 Å². The van der Waals surface area contributed by atoms with E-state index in [2.05, 4.69) is 16.0 Å². The number of rotatable bonds is 17. The molecule has 0 heterocycles. The number of primary amides is 2. The van der Waals surface area contributed by atoms with E-state index >= 15 is 0 Å². The van der Waals surface area contributed by atoms with Crippen molar-refractivity contribution in [3.63, 3.8) is 0 Å². The number of nitrogens with two attached hydrogens (primary N) is 3. The highest BCUT2D eigenvalue weighted by Gasteiger charge is 2.31. The van der Waals surface area contributed by atoms with E-state index in [1.165, 1.54) is 11.8 Å². The smallest absolute Gasteiger partial charge is 0.326 e. The summed E-state index contributed by atoms with van der Waals surface area (Å²) >= 11 is 1.51. The number of carbonyl (C=O) groups is 6. The SMILES string of the molecule is CSCCC(N)C(=O)NC(Cc1ccccc1)C(=O)NC(CC(N)=O)C(=O)NC(CCC(N)=O)C(=O)O. The molecular weight excluding hydrogens is 504 g/mol. The number of thioether (sulfide) groups is 1. The van der Waals surface area contributed by atoms with Gasteiger partial charge in [-0.1, -0.05) is 30.3 Å². The Morgan fingerprint density at radius 1 is 0.838 bits per heavy atom. The van der Waals surface area contributed by atoms with Gasteiger partial charge in [0.2, 0.25) is 29.5 Å². The number of amides is 5. The van der Waals surface area contributed by atoms with Gasteiger partial charge in [0.1, 0.15) is 18.1 Å². The molecule has 0 aliphatic heterocycles. The van der Waals surface area contributed by atoms with E-state index in [4.69, 9.17) is 17.2 Å². The predicted octanol–water partition coefficient (Wildman–Crippen LogP) is -2.01. The quantitative estimate of drug-likeness (QED) is 0.116. The first kappa shape index (κ1) is 31.4. The fourth-order valence-electron chi connectivity index (χ4n) is 3.21. The molecule has 14 heteroatoms. The van der Waals surface area contributed by atoms with Crippen LogP contribution in [0.25, 0.3) is 0 Å². The summed E-state index contributed by atoms with van der Waals surface area (Å²) in [6.07, 6.45) is 1.04. The summed E-state index contributed by atoms with van der Waals surface area (Å²) in [5.74, 6) is -4.90. The summed E-state index contributed by atoms with van der Waals surface area (Å²) in [5.41, 5.74) is 16.9. The number of nitrogens with one attached hydrogen (secondary N) is 3. The molecule has 4 atom stereocenters. The molecule has 0 spiro atoms. The normalized spacial score (nSPS) is 13.9. The first-order valence-corrected chi connectivity index (χ1v) is 12.8. The van der Waals surface area contributed by atoms with Crippen LogP contribution in [0.15, 0.2) is 30.3 Å². The minimum atomic E-state index is -1.54. The molecule has 10 N–H and O–H groups in total. The maximum Gasteiger partial charge on any atom is 0.326 e. The average molecular weight is 539 g/mol. The lowest BCUT2D eigenvalue weighted by atomic mass is 10.0. The summed E-state index contributed by atoms with van der Waals surface area (Å²) in [4.78, 5) is 72.6. The molecule has 1 aromatic carbocycles. The van der Waals surface area contributed by atoms with E-state index in [0.29, 0.717) is 17.7 Å². The van der Waals surface area contributed by atoms with E-state index in [-0.39, 0.29) is 19.3 Å². The number of carboxylic acid groups (broad SMARTS) is 1. The van der Waals surface area contributed by atoms with Gasteiger partial charge in [-0.05, 0) is 30.4 Å². The third-order valence-electron chi connectivity index (χ3n) is 5.22. The van der Waals surface area contributed by atoms with Gasteiger partial charge >= 0.3 is 5.97 Å². The van der Waals surface area contributed by atoms with E-state index in [1.54, 1.807) is 30.3 Å². The molecule has 0 fully saturated rings. The van der Waals surface area contributed by atoms with Gasteiger partial charge in [-0.3, -0.25) is 24.0 Å². The first-order valence-electron chi connectivity index (χ1n) is 11.4. The second kappa shape index (κ2) is 16.2. The Morgan fingerprint density at radius 3 is 1.95 bits per heavy atom. The van der Waals surface area contributed by atoms with Gasteiger partial charge in [0.05, 0.1) is 12.5 Å². The van der Waals surface area contributed by atoms with Crippen LogP contribution in [0.3, 0.4) is 0 Å². The zero-order valence-corrected chi connectivity index (χ0v) is 21.3. The van der Waals surface area contributed by atoms with Crippen molar-refractivity contribution in [1.29, 1.82) is 0 Å². The van der Waals surface area contributed by atoms with Gasteiger partial charge in [-0.15, -0.1) is 0 Å². The highest BCUT2D eigenvalue weighted by Crippen LogP contribution is 2.07. The summed E-state index contributed by atoms with van der Waals surface area (Å²) in [7, 11) is 0. The monoisotopic (exact) mass is 538 g/mol. The summed E-state index contributed by atoms with van der Waals surface area (Å²) in [5, 5.41) is 16.5. The number of carbonyl (C=O) groups excluding carboxylic acids is 5. The van der Waals surface area contributed by atoms with Crippen molar-refractivity contribution in [2.24, 2.45) is 17.2 Å². The zero-order valence-electron chi connectivity index (χ0n) is 20.5. The maximum atomic E-state index is 13.2. The Bertz CT molecular complexity index is 962. The van der Waals surface area contributed by atoms with Crippen LogP contribution in [-0.2, 0) is 35.2 Å². The summed E-state index contributed by atoms with van der Waals surface area (Å²) < 4.78 is 0. The lowest BCUT2D eigenvalue weighted by molar-refractivity contribution is -0.142. The fraction of sp³-hybridized carbons (Fsp3) is 0.478. The van der Waals surface area contributed by atoms with Crippen LogP contribution < -0.4 is 33.2 Å². The Balaban J connectivity index is 3.08. The molecule has 0 bridgehead atoms. The van der Waals surface area contributed by atoms with Gasteiger partial charge in [-0.2, -0.15) is 11.8 Å². The standard InChI is InChI=1S/C23H34N6O7S/c1-37-10-9-14(24)20(32)28-16(11-13-5-3-2-4-6-13)21(33)29-17(12-19(26)31)22(34)27-15(23(35)36)7-8-18(25)30/h2-6,14-17H,7-12,24H2,1H3,(H2,25,30)(H2,26,31)(H,27,34)(H,28,32)(H,29,33)(H,35,36). The topological polar surface area (TPSA) is 237 Å². The summed E-state index contributed by atoms with van der Waals surface area (Å²) in [6, 6.07) is 3.68. The maximum absolute atomic E-state index is 13.2. The first-order chi connectivity index (χ1) is 17.4. The van der Waals surface area contributed by atoms with Crippen LogP contribution in [-0.4, -0.2) is 76.8 Å². The molecule has 1 aromatic rings. The Labute approximate surface area is 218 Å². The van der Waals surface area contributed by atoms with Crippen molar-refractivity contribution in [2.75, 3.05) is 12.0 Å². The number of benzene rings is 1. The molecule has 4 unspecified atom stereocenters. The second-order valence-corrected chi connectivity index (χ2v) is 9.26. The number of carboxylic acids is 1. The molecule has 204 valence electrons. The minimum Gasteiger partial charge on any atom is -0.480 e. The molecule has 5 amide bonds. The molecule has 0 radical (unpaired) electrons. The van der Waals surface area contributed by atoms with Crippen molar-refractivity contribution in [3.05, 3.63) is 35.9 Å². The van der Waals surface area contributed by atoms with Gasteiger partial charge in [0, 0.05) is 12.8 Å². The Kier molecular flexibility index (Phi) is 13.7. The fourth-order valence-corrected chi connectivity index (χ4v) is 3.70. The zero-order chi connectivity index (χ0) is 28.0. The molecule has 13 nitrogen and oxygen atoms in total. The van der Waals surface area contributed by atoms with Crippen molar-refractivity contribution < 1.29 is 33.9 Å². The van der Waals surface area contributed by atoms with Crippen LogP contribution in [0.4, 0.5) is 0 Å². The largest absolute Gasteiger partial charge is 0.480 e. The average Bonchev–Trinajstić information content (AvgIpc) is 2.83. The number of aliphatic carboxylic acids is 1. The highest BCUT2D eigenvalue weighted by atomic mass is 32.2. The molecule has 1 rings (SSSR count). The van der Waals surface area contributed by atoms with Crippen LogP contribution in [0.1, 0.15) is 31.2 Å². The molecular formula is C23H34N6O7S. The molecule has 37 heavy (non-hydrogen) atoms. The third-order valence-corrected chi connectivity index (χ3v) is 5.86. The van der Waals surface area contributed by atoms with E-state index in [1.807, 2.05) is 6.26 Å². The number of hydrogen-bond acceptors (Lipinski definition) is 8. The van der Waals surface area contributed by atoms with Gasteiger partial charge in [0.25, 0.3) is 0 Å². The van der Waals surface area contributed by atoms with Crippen LogP contribution in [0.2, 0.25) is 0 Å². The lowest BCUT2D eigenvalue weighted by Gasteiger charge is -2.25. The lowest BCUT2D eigenvalue weighted by Crippen LogP contribution is -2.58. The Hall–Kier alpha value is -3.65. The van der Waals surface area contributed by atoms with Gasteiger partial charge in [-0.25, -0.2) is 4.79 Å². The Morgan fingerprint density at radius 2 is 1.41 bits per heavy atom. The minimum absolute atomic E-state index is 0.0505. The second-order valence-electron chi connectivity index (χ2n) is 8.27. The van der Waals surface area contributed by atoms with Crippen molar-refractivity contribution in [2.45, 2.75) is 56.3 Å². The van der Waals surface area contributed by atoms with Crippen LogP contribution >= 0.6 is 11.8 Å². The van der Waals surface area contributed by atoms with Crippen molar-refractivity contribution in [3.8, 4) is 0 Å². The summed E-state index contributed by atoms with van der Waals surface area (Å²) in [6.45, 7) is 0. The molecule has 0 aliphatic rings. The van der Waals surface area contributed by atoms with Crippen molar-refractivity contribution >= 4 is 47.3 Å². The van der Waals surface area contributed by atoms with Crippen LogP contribution in [0.5, 0.6) is 0 Å². The van der Waals surface area contributed by atoms with Gasteiger partial charge in [0.15, 0.2) is 0 Å². The van der Waals surface area contributed by atoms with E-state index < -0.39 is 66.1 Å². The number of hydrogen-bond donors (Lipinski definition) is 7. The molecule has 0 aromatic heterocycles. The predicted molar refractivity (Wildman–Crippen MR) is 137 cm³/mol. The van der Waals surface area contributed by atoms with E-state index in [0.717, 1.165) is 0 Å². The molecule has 0 saturated carbocycles. The third kappa shape index (κ3) is 12.2. The molecule has 0 aliphatic carbocycles. The van der Waals surface area contributed by atoms with Crippen molar-refractivity contribution in [1.82, 2.24) is 16.0 Å².